The first-order valence-electron chi connectivity index (χ1n) is 9.47. The molecule has 1 fully saturated rings. The maximum absolute atomic E-state index is 12.4. The van der Waals surface area contributed by atoms with Gasteiger partial charge in [0.05, 0.1) is 7.11 Å². The van der Waals surface area contributed by atoms with Crippen molar-refractivity contribution in [2.45, 2.75) is 22.9 Å². The Morgan fingerprint density at radius 3 is 2.52 bits per heavy atom. The molecule has 1 aliphatic rings. The number of carbonyl (C=O) groups is 1. The van der Waals surface area contributed by atoms with Crippen LogP contribution in [0.15, 0.2) is 52.9 Å². The quantitative estimate of drug-likeness (QED) is 0.547. The van der Waals surface area contributed by atoms with Gasteiger partial charge in [-0.15, -0.1) is 10.2 Å². The predicted octanol–water partition coefficient (Wildman–Crippen LogP) is 4.82. The number of anilines is 2. The number of hydrogen-bond acceptors (Lipinski definition) is 7. The van der Waals surface area contributed by atoms with Crippen molar-refractivity contribution in [3.05, 3.63) is 59.7 Å². The van der Waals surface area contributed by atoms with Crippen molar-refractivity contribution in [2.75, 3.05) is 25.5 Å². The van der Waals surface area contributed by atoms with Gasteiger partial charge >= 0.3 is 0 Å². The van der Waals surface area contributed by atoms with E-state index in [1.165, 1.54) is 11.3 Å². The lowest BCUT2D eigenvalue weighted by Crippen LogP contribution is -2.27. The highest BCUT2D eigenvalue weighted by molar-refractivity contribution is 8.00. The lowest BCUT2D eigenvalue weighted by molar-refractivity contribution is 0.0793. The second kappa shape index (κ2) is 9.28. The second-order valence-corrected chi connectivity index (χ2v) is 8.91. The third kappa shape index (κ3) is 5.07. The number of benzene rings is 2. The molecule has 2 heterocycles. The van der Waals surface area contributed by atoms with Gasteiger partial charge in [-0.2, -0.15) is 0 Å². The maximum atomic E-state index is 12.4. The molecule has 150 valence electrons. The van der Waals surface area contributed by atoms with Gasteiger partial charge in [0.2, 0.25) is 5.13 Å². The highest BCUT2D eigenvalue weighted by Gasteiger charge is 2.19. The van der Waals surface area contributed by atoms with E-state index in [0.717, 1.165) is 63.7 Å². The summed E-state index contributed by atoms with van der Waals surface area (Å²) in [6.07, 6.45) is 2.22. The second-order valence-electron chi connectivity index (χ2n) is 6.71. The molecule has 0 radical (unpaired) electrons. The Morgan fingerprint density at radius 2 is 1.83 bits per heavy atom. The topological polar surface area (TPSA) is 67.3 Å². The third-order valence-electron chi connectivity index (χ3n) is 4.70. The van der Waals surface area contributed by atoms with Crippen molar-refractivity contribution in [1.29, 1.82) is 0 Å². The van der Waals surface area contributed by atoms with Gasteiger partial charge < -0.3 is 15.0 Å². The van der Waals surface area contributed by atoms with Crippen molar-refractivity contribution >= 4 is 39.8 Å². The summed E-state index contributed by atoms with van der Waals surface area (Å²) in [5, 5.41) is 12.5. The van der Waals surface area contributed by atoms with E-state index < -0.39 is 0 Å². The average molecular weight is 427 g/mol. The molecule has 1 amide bonds. The molecule has 0 unspecified atom stereocenters. The zero-order chi connectivity index (χ0) is 20.1. The number of amides is 1. The SMILES string of the molecule is COc1ccc(Nc2nnc(SCc3ccc(C(=O)N4CCCC4)cc3)s2)cc1. The minimum Gasteiger partial charge on any atom is -0.497 e. The van der Waals surface area contributed by atoms with Crippen molar-refractivity contribution in [3.63, 3.8) is 0 Å². The first kappa shape index (κ1) is 19.7. The number of ether oxygens (including phenoxy) is 1. The van der Waals surface area contributed by atoms with Crippen LogP contribution in [0.1, 0.15) is 28.8 Å². The van der Waals surface area contributed by atoms with Gasteiger partial charge in [-0.3, -0.25) is 4.79 Å². The molecule has 0 bridgehead atoms. The zero-order valence-corrected chi connectivity index (χ0v) is 17.8. The fraction of sp³-hybridized carbons (Fsp3) is 0.286. The van der Waals surface area contributed by atoms with Gasteiger partial charge in [-0.25, -0.2) is 0 Å². The van der Waals surface area contributed by atoms with Gasteiger partial charge in [0, 0.05) is 30.1 Å². The number of likely N-dealkylation sites (tertiary alicyclic amines) is 1. The number of nitrogens with zero attached hydrogens (tertiary/aromatic N) is 3. The van der Waals surface area contributed by atoms with Crippen LogP contribution in [0, 0.1) is 0 Å². The minimum absolute atomic E-state index is 0.139. The van der Waals surface area contributed by atoms with Crippen molar-refractivity contribution < 1.29 is 9.53 Å². The molecule has 1 aromatic heterocycles. The van der Waals surface area contributed by atoms with E-state index in [-0.39, 0.29) is 5.91 Å². The summed E-state index contributed by atoms with van der Waals surface area (Å²) < 4.78 is 6.07. The van der Waals surface area contributed by atoms with E-state index in [4.69, 9.17) is 4.74 Å². The number of carbonyl (C=O) groups excluding carboxylic acids is 1. The molecule has 29 heavy (non-hydrogen) atoms. The first-order valence-corrected chi connectivity index (χ1v) is 11.3. The van der Waals surface area contributed by atoms with E-state index in [1.54, 1.807) is 18.9 Å². The number of thioether (sulfide) groups is 1. The number of nitrogens with one attached hydrogen (secondary N) is 1. The molecular formula is C21H22N4O2S2. The van der Waals surface area contributed by atoms with Gasteiger partial charge in [0.15, 0.2) is 4.34 Å². The number of hydrogen-bond donors (Lipinski definition) is 1. The fourth-order valence-electron chi connectivity index (χ4n) is 3.11. The maximum Gasteiger partial charge on any atom is 0.253 e. The summed E-state index contributed by atoms with van der Waals surface area (Å²) in [5.74, 6) is 1.74. The van der Waals surface area contributed by atoms with Crippen LogP contribution < -0.4 is 10.1 Å². The molecule has 1 aliphatic heterocycles. The molecule has 6 nitrogen and oxygen atoms in total. The van der Waals surface area contributed by atoms with Crippen LogP contribution in [0.25, 0.3) is 0 Å². The summed E-state index contributed by atoms with van der Waals surface area (Å²) >= 11 is 3.16. The van der Waals surface area contributed by atoms with E-state index >= 15 is 0 Å². The smallest absolute Gasteiger partial charge is 0.253 e. The number of rotatable bonds is 7. The molecule has 0 aliphatic carbocycles. The largest absolute Gasteiger partial charge is 0.497 e. The molecule has 0 spiro atoms. The fourth-order valence-corrected chi connectivity index (χ4v) is 4.84. The van der Waals surface area contributed by atoms with Gasteiger partial charge in [0.25, 0.3) is 5.91 Å². The van der Waals surface area contributed by atoms with Crippen LogP contribution in [0.4, 0.5) is 10.8 Å². The Morgan fingerprint density at radius 1 is 1.10 bits per heavy atom. The van der Waals surface area contributed by atoms with Crippen LogP contribution in [-0.4, -0.2) is 41.2 Å². The molecular weight excluding hydrogens is 404 g/mol. The molecule has 1 saturated heterocycles. The standard InChI is InChI=1S/C21H22N4O2S2/c1-27-18-10-8-17(9-11-18)22-20-23-24-21(29-20)28-14-15-4-6-16(7-5-15)19(26)25-12-2-3-13-25/h4-11H,2-3,12-14H2,1H3,(H,22,23). The van der Waals surface area contributed by atoms with Crippen LogP contribution in [0.2, 0.25) is 0 Å². The van der Waals surface area contributed by atoms with E-state index in [0.29, 0.717) is 0 Å². The highest BCUT2D eigenvalue weighted by Crippen LogP contribution is 2.30. The molecule has 0 saturated carbocycles. The van der Waals surface area contributed by atoms with Gasteiger partial charge in [-0.05, 0) is 54.8 Å². The Kier molecular flexibility index (Phi) is 6.31. The van der Waals surface area contributed by atoms with E-state index in [1.807, 2.05) is 53.4 Å². The summed E-state index contributed by atoms with van der Waals surface area (Å²) in [7, 11) is 1.65. The van der Waals surface area contributed by atoms with E-state index in [9.17, 15) is 4.79 Å². The Hall–Kier alpha value is -2.58. The number of aromatic nitrogens is 2. The minimum atomic E-state index is 0.139. The van der Waals surface area contributed by atoms with Crippen molar-refractivity contribution in [1.82, 2.24) is 15.1 Å². The highest BCUT2D eigenvalue weighted by atomic mass is 32.2. The Bertz CT molecular complexity index is 952. The van der Waals surface area contributed by atoms with Crippen molar-refractivity contribution in [2.24, 2.45) is 0 Å². The Labute approximate surface area is 178 Å². The Balaban J connectivity index is 1.30. The molecule has 8 heteroatoms. The third-order valence-corrected chi connectivity index (χ3v) is 6.75. The lowest BCUT2D eigenvalue weighted by atomic mass is 10.1. The normalized spacial score (nSPS) is 13.5. The summed E-state index contributed by atoms with van der Waals surface area (Å²) in [6, 6.07) is 15.6. The van der Waals surface area contributed by atoms with Crippen molar-refractivity contribution in [3.8, 4) is 5.75 Å². The monoisotopic (exact) mass is 426 g/mol. The molecule has 1 N–H and O–H groups in total. The molecule has 4 rings (SSSR count). The molecule has 3 aromatic rings. The average Bonchev–Trinajstić information content (AvgIpc) is 3.45. The van der Waals surface area contributed by atoms with Crippen LogP contribution in [0.3, 0.4) is 0 Å². The molecule has 2 aromatic carbocycles. The molecule has 0 atom stereocenters. The summed E-state index contributed by atoms with van der Waals surface area (Å²) in [6.45, 7) is 1.75. The summed E-state index contributed by atoms with van der Waals surface area (Å²) in [4.78, 5) is 14.3. The summed E-state index contributed by atoms with van der Waals surface area (Å²) in [5.41, 5.74) is 2.87. The first-order chi connectivity index (χ1) is 14.2. The number of methoxy groups -OCH3 is 1. The van der Waals surface area contributed by atoms with Crippen LogP contribution in [0.5, 0.6) is 5.75 Å². The van der Waals surface area contributed by atoms with Gasteiger partial charge in [-0.1, -0.05) is 35.2 Å². The van der Waals surface area contributed by atoms with Crippen LogP contribution >= 0.6 is 23.1 Å². The zero-order valence-electron chi connectivity index (χ0n) is 16.1. The lowest BCUT2D eigenvalue weighted by Gasteiger charge is -2.15. The van der Waals surface area contributed by atoms with Crippen LogP contribution in [-0.2, 0) is 5.75 Å². The van der Waals surface area contributed by atoms with E-state index in [2.05, 4.69) is 15.5 Å². The van der Waals surface area contributed by atoms with Gasteiger partial charge in [0.1, 0.15) is 5.75 Å². The predicted molar refractivity (Wildman–Crippen MR) is 117 cm³/mol.